The molecule has 0 radical (unpaired) electrons. The summed E-state index contributed by atoms with van der Waals surface area (Å²) < 4.78 is 7.60. The SMILES string of the molecule is CC(C)Sc1ccc(-c2c3ccccc3c(Oc3c4ccccc4c(-c4ccc5c6c(cccc46)C(C)[Si]5(C(C)C)C(C)C)c4ccccc34)c3ccccc23)c2ccccc12. The predicted octanol–water partition coefficient (Wildman–Crippen LogP) is 17.4. The molecule has 0 spiro atoms. The molecule has 1 atom stereocenters. The van der Waals surface area contributed by atoms with Crippen molar-refractivity contribution in [2.75, 3.05) is 0 Å². The molecule has 0 saturated heterocycles. The number of hydrogen-bond donors (Lipinski definition) is 0. The van der Waals surface area contributed by atoms with Crippen molar-refractivity contribution in [2.45, 2.75) is 75.2 Å². The summed E-state index contributed by atoms with van der Waals surface area (Å²) in [5, 5.41) is 16.8. The van der Waals surface area contributed by atoms with Gasteiger partial charge in [0.25, 0.3) is 0 Å². The van der Waals surface area contributed by atoms with E-state index in [-0.39, 0.29) is 0 Å². The van der Waals surface area contributed by atoms with Gasteiger partial charge in [0, 0.05) is 31.7 Å². The summed E-state index contributed by atoms with van der Waals surface area (Å²) in [6.45, 7) is 17.0. The van der Waals surface area contributed by atoms with Crippen LogP contribution in [0.4, 0.5) is 0 Å². The minimum absolute atomic E-state index is 0.492. The minimum Gasteiger partial charge on any atom is -0.455 e. The third-order valence-electron chi connectivity index (χ3n) is 14.4. The highest BCUT2D eigenvalue weighted by molar-refractivity contribution is 8.00. The molecule has 0 bridgehead atoms. The highest BCUT2D eigenvalue weighted by Gasteiger charge is 2.52. The van der Waals surface area contributed by atoms with E-state index in [0.29, 0.717) is 21.9 Å². The average molecular weight is 837 g/mol. The van der Waals surface area contributed by atoms with Crippen molar-refractivity contribution in [3.05, 3.63) is 169 Å². The van der Waals surface area contributed by atoms with Crippen molar-refractivity contribution >= 4 is 89.7 Å². The highest BCUT2D eigenvalue weighted by Crippen LogP contribution is 2.54. The van der Waals surface area contributed by atoms with E-state index in [4.69, 9.17) is 4.74 Å². The third kappa shape index (κ3) is 5.60. The molecule has 304 valence electrons. The summed E-state index contributed by atoms with van der Waals surface area (Å²) in [5.74, 6) is 1.79. The summed E-state index contributed by atoms with van der Waals surface area (Å²) >= 11 is 1.93. The van der Waals surface area contributed by atoms with Crippen molar-refractivity contribution in [2.24, 2.45) is 0 Å². The zero-order valence-corrected chi connectivity index (χ0v) is 38.5. The van der Waals surface area contributed by atoms with Crippen molar-refractivity contribution in [1.82, 2.24) is 0 Å². The molecule has 0 aromatic heterocycles. The Balaban J connectivity index is 1.16. The van der Waals surface area contributed by atoms with Gasteiger partial charge in [-0.2, -0.15) is 0 Å². The van der Waals surface area contributed by atoms with E-state index in [2.05, 4.69) is 212 Å². The van der Waals surface area contributed by atoms with E-state index in [9.17, 15) is 0 Å². The molecule has 0 amide bonds. The van der Waals surface area contributed by atoms with E-state index in [1.165, 1.54) is 70.2 Å². The molecule has 1 unspecified atom stereocenters. The largest absolute Gasteiger partial charge is 0.455 e. The number of fused-ring (bicyclic) bond motifs is 5. The monoisotopic (exact) mass is 836 g/mol. The lowest BCUT2D eigenvalue weighted by Crippen LogP contribution is -2.54. The Labute approximate surface area is 370 Å². The summed E-state index contributed by atoms with van der Waals surface area (Å²) in [4.78, 5) is 1.32. The first-order valence-corrected chi connectivity index (χ1v) is 25.6. The van der Waals surface area contributed by atoms with E-state index in [1.54, 1.807) is 10.8 Å². The maximum Gasteiger partial charge on any atom is 0.143 e. The molecule has 10 aromatic rings. The molecule has 0 saturated carbocycles. The van der Waals surface area contributed by atoms with Crippen LogP contribution < -0.4 is 9.92 Å². The normalized spacial score (nSPS) is 14.8. The van der Waals surface area contributed by atoms with Crippen molar-refractivity contribution in [1.29, 1.82) is 0 Å². The number of rotatable bonds is 8. The Morgan fingerprint density at radius 1 is 0.419 bits per heavy atom. The van der Waals surface area contributed by atoms with Crippen LogP contribution in [0.15, 0.2) is 169 Å². The summed E-state index contributed by atoms with van der Waals surface area (Å²) in [6.07, 6.45) is 0. The fourth-order valence-corrected chi connectivity index (χ4v) is 19.9. The lowest BCUT2D eigenvalue weighted by atomic mass is 9.87. The highest BCUT2D eigenvalue weighted by atomic mass is 32.2. The molecule has 0 fully saturated rings. The van der Waals surface area contributed by atoms with Crippen LogP contribution in [0.2, 0.25) is 11.1 Å². The van der Waals surface area contributed by atoms with Crippen molar-refractivity contribution in [3.63, 3.8) is 0 Å². The van der Waals surface area contributed by atoms with Crippen molar-refractivity contribution in [3.8, 4) is 33.8 Å². The summed E-state index contributed by atoms with van der Waals surface area (Å²) in [6, 6.07) is 61.3. The van der Waals surface area contributed by atoms with Gasteiger partial charge in [-0.3, -0.25) is 0 Å². The fraction of sp³-hybridized carbons (Fsp3) is 0.186. The standard InChI is InChI=1S/C59H52OSSi/c1-35(2)61-53-33-31-47(40-19-8-9-20-41(40)53)55-43-21-10-14-25-49(43)58(50-26-15-11-22-44(50)55)60-59-51-27-16-12-23-45(51)56(46-24-13-17-28-52(46)59)48-32-34-54-57-39(29-18-30-42(48)57)38(7)62(54,36(3)4)37(5)6/h8-38H,1-7H3. The zero-order chi connectivity index (χ0) is 42.4. The second kappa shape index (κ2) is 14.9. The van der Waals surface area contributed by atoms with Gasteiger partial charge in [0.05, 0.1) is 8.07 Å². The van der Waals surface area contributed by atoms with Gasteiger partial charge in [-0.25, -0.2) is 0 Å². The van der Waals surface area contributed by atoms with E-state index < -0.39 is 8.07 Å². The molecular formula is C59H52OSSi. The zero-order valence-electron chi connectivity index (χ0n) is 36.7. The van der Waals surface area contributed by atoms with E-state index in [1.807, 2.05) is 11.8 Å². The molecule has 62 heavy (non-hydrogen) atoms. The van der Waals surface area contributed by atoms with Gasteiger partial charge in [0.2, 0.25) is 0 Å². The van der Waals surface area contributed by atoms with Crippen LogP contribution in [0.1, 0.15) is 59.6 Å². The number of thioether (sulfide) groups is 1. The van der Waals surface area contributed by atoms with Crippen molar-refractivity contribution < 1.29 is 4.74 Å². The Morgan fingerprint density at radius 3 is 1.29 bits per heavy atom. The van der Waals surface area contributed by atoms with E-state index in [0.717, 1.165) is 33.0 Å². The average Bonchev–Trinajstić information content (AvgIpc) is 3.56. The Bertz CT molecular complexity index is 3310. The second-order valence-corrected chi connectivity index (χ2v) is 25.6. The minimum atomic E-state index is -1.89. The van der Waals surface area contributed by atoms with Crippen LogP contribution in [0.3, 0.4) is 0 Å². The molecule has 3 heteroatoms. The van der Waals surface area contributed by atoms with Crippen LogP contribution in [0.5, 0.6) is 11.5 Å². The molecular weight excluding hydrogens is 785 g/mol. The number of benzene rings is 10. The molecule has 11 rings (SSSR count). The Hall–Kier alpha value is -5.87. The molecule has 0 aliphatic carbocycles. The van der Waals surface area contributed by atoms with Gasteiger partial charge < -0.3 is 4.74 Å². The summed E-state index contributed by atoms with van der Waals surface area (Å²) in [7, 11) is -1.89. The van der Waals surface area contributed by atoms with Gasteiger partial charge in [0.15, 0.2) is 0 Å². The molecule has 10 aromatic carbocycles. The third-order valence-corrected chi connectivity index (χ3v) is 22.4. The smallest absolute Gasteiger partial charge is 0.143 e. The molecule has 1 heterocycles. The topological polar surface area (TPSA) is 9.23 Å². The number of ether oxygens (including phenoxy) is 1. The first kappa shape index (κ1) is 39.0. The van der Waals surface area contributed by atoms with E-state index >= 15 is 0 Å². The quantitative estimate of drug-likeness (QED) is 0.0857. The van der Waals surface area contributed by atoms with Crippen LogP contribution in [0, 0.1) is 0 Å². The Morgan fingerprint density at radius 2 is 0.823 bits per heavy atom. The van der Waals surface area contributed by atoms with Crippen LogP contribution in [-0.2, 0) is 0 Å². The molecule has 0 N–H and O–H groups in total. The van der Waals surface area contributed by atoms with Gasteiger partial charge in [-0.05, 0) is 93.6 Å². The maximum absolute atomic E-state index is 7.60. The summed E-state index contributed by atoms with van der Waals surface area (Å²) in [5.41, 5.74) is 8.48. The fourth-order valence-electron chi connectivity index (χ4n) is 12.1. The first-order chi connectivity index (χ1) is 30.2. The lowest BCUT2D eigenvalue weighted by molar-refractivity contribution is 0.505. The van der Waals surface area contributed by atoms with Crippen LogP contribution >= 0.6 is 11.8 Å². The lowest BCUT2D eigenvalue weighted by Gasteiger charge is -2.41. The maximum atomic E-state index is 7.60. The molecule has 1 aliphatic rings. The Kier molecular flexibility index (Phi) is 9.37. The van der Waals surface area contributed by atoms with Gasteiger partial charge in [-0.15, -0.1) is 11.8 Å². The first-order valence-electron chi connectivity index (χ1n) is 22.5. The second-order valence-electron chi connectivity index (χ2n) is 18.4. The predicted molar refractivity (Wildman–Crippen MR) is 274 cm³/mol. The van der Waals surface area contributed by atoms with Crippen LogP contribution in [-0.4, -0.2) is 13.3 Å². The van der Waals surface area contributed by atoms with Gasteiger partial charge >= 0.3 is 0 Å². The van der Waals surface area contributed by atoms with Gasteiger partial charge in [-0.1, -0.05) is 211 Å². The number of hydrogen-bond acceptors (Lipinski definition) is 2. The van der Waals surface area contributed by atoms with Gasteiger partial charge in [0.1, 0.15) is 11.5 Å². The molecule has 1 aliphatic heterocycles. The molecule has 1 nitrogen and oxygen atoms in total. The van der Waals surface area contributed by atoms with Crippen LogP contribution in [0.25, 0.3) is 86.9 Å².